The summed E-state index contributed by atoms with van der Waals surface area (Å²) >= 11 is 0. The summed E-state index contributed by atoms with van der Waals surface area (Å²) in [4.78, 5) is 37.8. The number of hydrogen-bond acceptors (Lipinski definition) is 5. The van der Waals surface area contributed by atoms with Crippen LogP contribution in [0.5, 0.6) is 0 Å². The largest absolute Gasteiger partial charge is 0.356 e. The topological polar surface area (TPSA) is 110 Å². The minimum absolute atomic E-state index is 0.0603. The smallest absolute Gasteiger partial charge is 0.262 e. The summed E-state index contributed by atoms with van der Waals surface area (Å²) in [5, 5.41) is 9.03. The van der Waals surface area contributed by atoms with Crippen molar-refractivity contribution < 1.29 is 4.79 Å². The van der Waals surface area contributed by atoms with Gasteiger partial charge in [0.15, 0.2) is 0 Å². The molecular weight excluding hydrogens is 406 g/mol. The van der Waals surface area contributed by atoms with Gasteiger partial charge < -0.3 is 14.9 Å². The average Bonchev–Trinajstić information content (AvgIpc) is 3.36. The number of carbonyl (C=O) groups excluding carboxylic acids is 1. The van der Waals surface area contributed by atoms with E-state index in [1.165, 1.54) is 21.7 Å². The molecule has 9 nitrogen and oxygen atoms in total. The Balaban J connectivity index is 1.29. The molecule has 6 rings (SSSR count). The highest BCUT2D eigenvalue weighted by Gasteiger charge is 2.25. The van der Waals surface area contributed by atoms with E-state index < -0.39 is 0 Å². The van der Waals surface area contributed by atoms with Gasteiger partial charge >= 0.3 is 0 Å². The van der Waals surface area contributed by atoms with Crippen LogP contribution in [0.25, 0.3) is 27.6 Å². The average molecular weight is 427 g/mol. The van der Waals surface area contributed by atoms with Gasteiger partial charge in [-0.25, -0.2) is 4.98 Å². The standard InChI is InChI=1S/C23H21N7O2/c1-13-25-23-24-11-16-19(30(23)28-13)9-10-29(22(16)32)12-20(31)26-18-8-4-6-15-14-5-2-3-7-17(14)27-21(15)18/h2-3,5,7,9-11,18,27H,4,6,8,12H2,1H3,(H,26,31)/t18-/m0/s1. The number of para-hydroxylation sites is 1. The van der Waals surface area contributed by atoms with Crippen molar-refractivity contribution in [1.82, 2.24) is 34.4 Å². The molecule has 0 saturated heterocycles. The van der Waals surface area contributed by atoms with Gasteiger partial charge in [-0.1, -0.05) is 18.2 Å². The van der Waals surface area contributed by atoms with Crippen molar-refractivity contribution in [2.75, 3.05) is 0 Å². The van der Waals surface area contributed by atoms with E-state index >= 15 is 0 Å². The fraction of sp³-hybridized carbons (Fsp3) is 0.261. The van der Waals surface area contributed by atoms with Crippen molar-refractivity contribution >= 4 is 33.5 Å². The molecule has 1 amide bonds. The van der Waals surface area contributed by atoms with Gasteiger partial charge in [-0.2, -0.15) is 9.50 Å². The molecule has 4 aromatic heterocycles. The zero-order valence-corrected chi connectivity index (χ0v) is 17.5. The maximum Gasteiger partial charge on any atom is 0.262 e. The number of aromatic amines is 1. The normalized spacial score (nSPS) is 16.0. The second-order valence-corrected chi connectivity index (χ2v) is 8.25. The molecule has 160 valence electrons. The van der Waals surface area contributed by atoms with E-state index in [0.717, 1.165) is 30.5 Å². The number of amides is 1. The molecule has 0 saturated carbocycles. The van der Waals surface area contributed by atoms with Gasteiger partial charge in [0, 0.05) is 29.0 Å². The fourth-order valence-electron chi connectivity index (χ4n) is 4.74. The molecule has 0 radical (unpaired) electrons. The number of nitrogens with zero attached hydrogens (tertiary/aromatic N) is 5. The maximum absolute atomic E-state index is 13.0. The third-order valence-electron chi connectivity index (χ3n) is 6.18. The van der Waals surface area contributed by atoms with E-state index in [1.54, 1.807) is 23.7 Å². The minimum atomic E-state index is -0.282. The monoisotopic (exact) mass is 427 g/mol. The van der Waals surface area contributed by atoms with Gasteiger partial charge in [0.25, 0.3) is 11.3 Å². The lowest BCUT2D eigenvalue weighted by Crippen LogP contribution is -2.36. The molecule has 0 aliphatic heterocycles. The molecule has 9 heteroatoms. The fourth-order valence-corrected chi connectivity index (χ4v) is 4.74. The first-order chi connectivity index (χ1) is 15.6. The van der Waals surface area contributed by atoms with Crippen LogP contribution in [-0.2, 0) is 17.8 Å². The first-order valence-electron chi connectivity index (χ1n) is 10.7. The van der Waals surface area contributed by atoms with Crippen LogP contribution in [0.3, 0.4) is 0 Å². The summed E-state index contributed by atoms with van der Waals surface area (Å²) in [7, 11) is 0. The number of carbonyl (C=O) groups is 1. The number of benzene rings is 1. The molecule has 2 N–H and O–H groups in total. The Labute approximate surface area is 182 Å². The summed E-state index contributed by atoms with van der Waals surface area (Å²) in [6.07, 6.45) is 5.99. The van der Waals surface area contributed by atoms with E-state index in [4.69, 9.17) is 0 Å². The zero-order valence-electron chi connectivity index (χ0n) is 17.5. The highest BCUT2D eigenvalue weighted by atomic mass is 16.2. The van der Waals surface area contributed by atoms with Crippen LogP contribution in [0, 0.1) is 6.92 Å². The first kappa shape index (κ1) is 18.7. The van der Waals surface area contributed by atoms with E-state index in [1.807, 2.05) is 12.1 Å². The summed E-state index contributed by atoms with van der Waals surface area (Å²) in [6, 6.07) is 9.90. The predicted octanol–water partition coefficient (Wildman–Crippen LogP) is 2.42. The lowest BCUT2D eigenvalue weighted by molar-refractivity contribution is -0.122. The van der Waals surface area contributed by atoms with E-state index in [0.29, 0.717) is 22.5 Å². The summed E-state index contributed by atoms with van der Waals surface area (Å²) in [6.45, 7) is 1.71. The minimum Gasteiger partial charge on any atom is -0.356 e. The molecule has 4 heterocycles. The number of nitrogens with one attached hydrogen (secondary N) is 2. The van der Waals surface area contributed by atoms with Gasteiger partial charge in [0.05, 0.1) is 16.9 Å². The number of hydrogen-bond donors (Lipinski definition) is 2. The molecule has 0 bridgehead atoms. The van der Waals surface area contributed by atoms with Crippen LogP contribution in [0.1, 0.15) is 36.0 Å². The van der Waals surface area contributed by atoms with Crippen LogP contribution in [0.2, 0.25) is 0 Å². The first-order valence-corrected chi connectivity index (χ1v) is 10.7. The van der Waals surface area contributed by atoms with Crippen LogP contribution < -0.4 is 10.9 Å². The number of aromatic nitrogens is 6. The molecule has 1 aliphatic carbocycles. The lowest BCUT2D eigenvalue weighted by atomic mass is 9.91. The van der Waals surface area contributed by atoms with Gasteiger partial charge in [0.1, 0.15) is 12.4 Å². The maximum atomic E-state index is 13.0. The van der Waals surface area contributed by atoms with Gasteiger partial charge in [-0.05, 0) is 43.9 Å². The SMILES string of the molecule is Cc1nc2ncc3c(=O)n(CC(=O)N[C@H]4CCCc5c4[nH]c4ccccc54)ccc3n2n1. The quantitative estimate of drug-likeness (QED) is 0.460. The van der Waals surface area contributed by atoms with E-state index in [2.05, 4.69) is 37.5 Å². The molecule has 0 fully saturated rings. The summed E-state index contributed by atoms with van der Waals surface area (Å²) in [5.74, 6) is 0.822. The van der Waals surface area contributed by atoms with Crippen molar-refractivity contribution in [3.63, 3.8) is 0 Å². The Kier molecular flexibility index (Phi) is 4.11. The second kappa shape index (κ2) is 7.01. The number of H-pyrrole nitrogens is 1. The Morgan fingerprint density at radius 1 is 1.25 bits per heavy atom. The number of fused-ring (bicyclic) bond motifs is 6. The molecule has 0 spiro atoms. The molecule has 32 heavy (non-hydrogen) atoms. The van der Waals surface area contributed by atoms with E-state index in [-0.39, 0.29) is 24.1 Å². The third-order valence-corrected chi connectivity index (χ3v) is 6.18. The van der Waals surface area contributed by atoms with Gasteiger partial charge in [-0.3, -0.25) is 9.59 Å². The van der Waals surface area contributed by atoms with Gasteiger partial charge in [-0.15, -0.1) is 5.10 Å². The highest BCUT2D eigenvalue weighted by molar-refractivity contribution is 5.86. The lowest BCUT2D eigenvalue weighted by Gasteiger charge is -2.24. The van der Waals surface area contributed by atoms with Crippen molar-refractivity contribution in [3.8, 4) is 0 Å². The van der Waals surface area contributed by atoms with Crippen molar-refractivity contribution in [3.05, 3.63) is 70.2 Å². The molecule has 1 aliphatic rings. The Morgan fingerprint density at radius 2 is 2.12 bits per heavy atom. The number of aryl methyl sites for hydroxylation is 2. The Morgan fingerprint density at radius 3 is 3.03 bits per heavy atom. The van der Waals surface area contributed by atoms with E-state index in [9.17, 15) is 9.59 Å². The van der Waals surface area contributed by atoms with Crippen LogP contribution >= 0.6 is 0 Å². The molecule has 1 aromatic carbocycles. The number of rotatable bonds is 3. The van der Waals surface area contributed by atoms with Crippen molar-refractivity contribution in [2.45, 2.75) is 38.8 Å². The zero-order chi connectivity index (χ0) is 21.8. The molecule has 1 atom stereocenters. The van der Waals surface area contributed by atoms with Crippen molar-refractivity contribution in [1.29, 1.82) is 0 Å². The molecule has 5 aromatic rings. The Bertz CT molecular complexity index is 1580. The van der Waals surface area contributed by atoms with Crippen LogP contribution in [0.4, 0.5) is 0 Å². The van der Waals surface area contributed by atoms with Crippen molar-refractivity contribution in [2.24, 2.45) is 0 Å². The summed E-state index contributed by atoms with van der Waals surface area (Å²) in [5.41, 5.74) is 3.78. The molecular formula is C23H21N7O2. The van der Waals surface area contributed by atoms with Crippen LogP contribution in [-0.4, -0.2) is 35.0 Å². The predicted molar refractivity (Wildman–Crippen MR) is 119 cm³/mol. The highest BCUT2D eigenvalue weighted by Crippen LogP contribution is 2.34. The summed E-state index contributed by atoms with van der Waals surface area (Å²) < 4.78 is 2.96. The van der Waals surface area contributed by atoms with Crippen LogP contribution in [0.15, 0.2) is 47.5 Å². The third kappa shape index (κ3) is 2.89. The molecule has 0 unspecified atom stereocenters. The van der Waals surface area contributed by atoms with Gasteiger partial charge in [0.2, 0.25) is 5.91 Å². The number of pyridine rings is 1. The Hall–Kier alpha value is -4.01. The second-order valence-electron chi connectivity index (χ2n) is 8.25.